The summed E-state index contributed by atoms with van der Waals surface area (Å²) in [7, 11) is 0. The lowest BCUT2D eigenvalue weighted by molar-refractivity contribution is 0.0147. The van der Waals surface area contributed by atoms with Gasteiger partial charge >= 0.3 is 0 Å². The van der Waals surface area contributed by atoms with Crippen LogP contribution in [0.15, 0.2) is 30.3 Å². The molecule has 2 aliphatic rings. The summed E-state index contributed by atoms with van der Waals surface area (Å²) in [6, 6.07) is 11.7. The molecule has 1 aromatic rings. The van der Waals surface area contributed by atoms with Gasteiger partial charge in [-0.2, -0.15) is 0 Å². The van der Waals surface area contributed by atoms with Gasteiger partial charge in [0.05, 0.1) is 0 Å². The van der Waals surface area contributed by atoms with E-state index in [2.05, 4.69) is 35.6 Å². The molecule has 0 bridgehead atoms. The molecule has 2 nitrogen and oxygen atoms in total. The highest BCUT2D eigenvalue weighted by Gasteiger charge is 2.34. The molecular formula is C16H23NO. The van der Waals surface area contributed by atoms with Crippen LogP contribution in [0.1, 0.15) is 31.2 Å². The summed E-state index contributed by atoms with van der Waals surface area (Å²) < 4.78 is 5.56. The first-order chi connectivity index (χ1) is 8.86. The predicted molar refractivity (Wildman–Crippen MR) is 73.7 cm³/mol. The molecule has 0 atom stereocenters. The zero-order chi connectivity index (χ0) is 12.3. The van der Waals surface area contributed by atoms with Crippen LogP contribution in [0.25, 0.3) is 0 Å². The molecule has 2 heteroatoms. The Labute approximate surface area is 110 Å². The molecule has 0 spiro atoms. The third-order valence-corrected chi connectivity index (χ3v) is 4.32. The van der Waals surface area contributed by atoms with Gasteiger partial charge in [-0.05, 0) is 43.1 Å². The molecule has 3 rings (SSSR count). The fourth-order valence-corrected chi connectivity index (χ4v) is 2.90. The largest absolute Gasteiger partial charge is 0.381 e. The maximum atomic E-state index is 5.56. The number of rotatable bonds is 5. The highest BCUT2D eigenvalue weighted by molar-refractivity contribution is 5.17. The summed E-state index contributed by atoms with van der Waals surface area (Å²) in [5.74, 6) is 0. The van der Waals surface area contributed by atoms with Crippen LogP contribution in [0.4, 0.5) is 0 Å². The third kappa shape index (κ3) is 3.12. The van der Waals surface area contributed by atoms with Crippen LogP contribution >= 0.6 is 0 Å². The van der Waals surface area contributed by atoms with Crippen molar-refractivity contribution in [3.63, 3.8) is 0 Å². The highest BCUT2D eigenvalue weighted by Crippen LogP contribution is 2.34. The van der Waals surface area contributed by atoms with Gasteiger partial charge in [-0.15, -0.1) is 0 Å². The molecular weight excluding hydrogens is 222 g/mol. The summed E-state index contributed by atoms with van der Waals surface area (Å²) >= 11 is 0. The standard InChI is InChI=1S/C16H23NO/c1-2-4-14(5-3-1)12-16(8-10-18-11-9-16)13-17-15-6-7-15/h1-5,15,17H,6-13H2. The molecule has 1 heterocycles. The van der Waals surface area contributed by atoms with Gasteiger partial charge in [0, 0.05) is 25.8 Å². The minimum absolute atomic E-state index is 0.419. The van der Waals surface area contributed by atoms with Crippen molar-refractivity contribution in [2.75, 3.05) is 19.8 Å². The first kappa shape index (κ1) is 12.2. The zero-order valence-electron chi connectivity index (χ0n) is 11.0. The van der Waals surface area contributed by atoms with Crippen LogP contribution in [0.3, 0.4) is 0 Å². The van der Waals surface area contributed by atoms with Gasteiger partial charge < -0.3 is 10.1 Å². The van der Waals surface area contributed by atoms with Gasteiger partial charge in [0.15, 0.2) is 0 Å². The number of hydrogen-bond acceptors (Lipinski definition) is 2. The van der Waals surface area contributed by atoms with Gasteiger partial charge in [0.25, 0.3) is 0 Å². The molecule has 0 radical (unpaired) electrons. The third-order valence-electron chi connectivity index (χ3n) is 4.32. The second kappa shape index (κ2) is 5.41. The molecule has 0 unspecified atom stereocenters. The Bertz CT molecular complexity index is 366. The van der Waals surface area contributed by atoms with Crippen molar-refractivity contribution >= 4 is 0 Å². The van der Waals surface area contributed by atoms with Crippen LogP contribution in [0.5, 0.6) is 0 Å². The van der Waals surface area contributed by atoms with Crippen molar-refractivity contribution in [3.8, 4) is 0 Å². The molecule has 18 heavy (non-hydrogen) atoms. The quantitative estimate of drug-likeness (QED) is 0.861. The first-order valence-electron chi connectivity index (χ1n) is 7.21. The Hall–Kier alpha value is -0.860. The second-order valence-electron chi connectivity index (χ2n) is 5.93. The summed E-state index contributed by atoms with van der Waals surface area (Å²) in [4.78, 5) is 0. The smallest absolute Gasteiger partial charge is 0.0471 e. The van der Waals surface area contributed by atoms with Crippen molar-refractivity contribution in [2.24, 2.45) is 5.41 Å². The SMILES string of the molecule is c1ccc(CC2(CNC3CC3)CCOCC2)cc1. The average molecular weight is 245 g/mol. The summed E-state index contributed by atoms with van der Waals surface area (Å²) in [5.41, 5.74) is 1.89. The summed E-state index contributed by atoms with van der Waals surface area (Å²) in [5, 5.41) is 3.73. The molecule has 98 valence electrons. The fraction of sp³-hybridized carbons (Fsp3) is 0.625. The van der Waals surface area contributed by atoms with Gasteiger partial charge in [-0.25, -0.2) is 0 Å². The molecule has 0 amide bonds. The Kier molecular flexibility index (Phi) is 3.67. The molecule has 2 fully saturated rings. The lowest BCUT2D eigenvalue weighted by Gasteiger charge is -2.38. The summed E-state index contributed by atoms with van der Waals surface area (Å²) in [6.45, 7) is 3.02. The molecule has 1 N–H and O–H groups in total. The number of hydrogen-bond donors (Lipinski definition) is 1. The normalized spacial score (nSPS) is 22.9. The maximum absolute atomic E-state index is 5.56. The Morgan fingerprint density at radius 2 is 1.83 bits per heavy atom. The second-order valence-corrected chi connectivity index (χ2v) is 5.93. The molecule has 1 aromatic carbocycles. The van der Waals surface area contributed by atoms with Gasteiger partial charge in [-0.1, -0.05) is 30.3 Å². The minimum Gasteiger partial charge on any atom is -0.381 e. The van der Waals surface area contributed by atoms with E-state index in [1.165, 1.54) is 37.7 Å². The number of ether oxygens (including phenoxy) is 1. The van der Waals surface area contributed by atoms with E-state index in [0.717, 1.165) is 25.8 Å². The predicted octanol–water partition coefficient (Wildman–Crippen LogP) is 2.78. The van der Waals surface area contributed by atoms with E-state index < -0.39 is 0 Å². The van der Waals surface area contributed by atoms with E-state index in [9.17, 15) is 0 Å². The van der Waals surface area contributed by atoms with Crippen LogP contribution in [-0.4, -0.2) is 25.8 Å². The van der Waals surface area contributed by atoms with Gasteiger partial charge in [0.1, 0.15) is 0 Å². The van der Waals surface area contributed by atoms with E-state index >= 15 is 0 Å². The maximum Gasteiger partial charge on any atom is 0.0471 e. The number of nitrogens with one attached hydrogen (secondary N) is 1. The minimum atomic E-state index is 0.419. The lowest BCUT2D eigenvalue weighted by Crippen LogP contribution is -2.41. The van der Waals surface area contributed by atoms with Crippen LogP contribution in [0, 0.1) is 5.41 Å². The topological polar surface area (TPSA) is 21.3 Å². The first-order valence-corrected chi connectivity index (χ1v) is 7.21. The Morgan fingerprint density at radius 1 is 1.11 bits per heavy atom. The van der Waals surface area contributed by atoms with E-state index in [1.54, 1.807) is 0 Å². The number of benzene rings is 1. The van der Waals surface area contributed by atoms with E-state index in [0.29, 0.717) is 5.41 Å². The molecule has 1 saturated heterocycles. The van der Waals surface area contributed by atoms with Crippen LogP contribution in [0.2, 0.25) is 0 Å². The van der Waals surface area contributed by atoms with Crippen molar-refractivity contribution in [3.05, 3.63) is 35.9 Å². The van der Waals surface area contributed by atoms with Gasteiger partial charge in [-0.3, -0.25) is 0 Å². The van der Waals surface area contributed by atoms with Crippen molar-refractivity contribution < 1.29 is 4.74 Å². The fourth-order valence-electron chi connectivity index (χ4n) is 2.90. The summed E-state index contributed by atoms with van der Waals surface area (Å²) in [6.07, 6.45) is 6.33. The monoisotopic (exact) mass is 245 g/mol. The van der Waals surface area contributed by atoms with Crippen molar-refractivity contribution in [2.45, 2.75) is 38.1 Å². The van der Waals surface area contributed by atoms with Crippen LogP contribution < -0.4 is 5.32 Å². The Morgan fingerprint density at radius 3 is 2.50 bits per heavy atom. The molecule has 0 aromatic heterocycles. The van der Waals surface area contributed by atoms with Gasteiger partial charge in [0.2, 0.25) is 0 Å². The van der Waals surface area contributed by atoms with E-state index in [-0.39, 0.29) is 0 Å². The zero-order valence-corrected chi connectivity index (χ0v) is 11.0. The van der Waals surface area contributed by atoms with E-state index in [4.69, 9.17) is 4.74 Å². The van der Waals surface area contributed by atoms with Crippen LogP contribution in [-0.2, 0) is 11.2 Å². The average Bonchev–Trinajstić information content (AvgIpc) is 3.23. The highest BCUT2D eigenvalue weighted by atomic mass is 16.5. The molecule has 1 aliphatic carbocycles. The van der Waals surface area contributed by atoms with E-state index in [1.807, 2.05) is 0 Å². The van der Waals surface area contributed by atoms with Crippen molar-refractivity contribution in [1.82, 2.24) is 5.32 Å². The Balaban J connectivity index is 1.67. The molecule has 1 aliphatic heterocycles. The lowest BCUT2D eigenvalue weighted by atomic mass is 9.75. The molecule has 1 saturated carbocycles. The van der Waals surface area contributed by atoms with Crippen molar-refractivity contribution in [1.29, 1.82) is 0 Å².